The highest BCUT2D eigenvalue weighted by molar-refractivity contribution is 6.06. The van der Waals surface area contributed by atoms with Gasteiger partial charge in [-0.15, -0.1) is 0 Å². The summed E-state index contributed by atoms with van der Waals surface area (Å²) < 4.78 is 0. The van der Waals surface area contributed by atoms with Gasteiger partial charge in [0, 0.05) is 57.9 Å². The van der Waals surface area contributed by atoms with Crippen LogP contribution in [0.3, 0.4) is 0 Å². The van der Waals surface area contributed by atoms with Crippen LogP contribution in [0.5, 0.6) is 0 Å². The second kappa shape index (κ2) is 8.81. The van der Waals surface area contributed by atoms with Crippen molar-refractivity contribution < 1.29 is 4.79 Å². The van der Waals surface area contributed by atoms with Crippen molar-refractivity contribution in [1.29, 1.82) is 0 Å². The molecule has 0 saturated carbocycles. The maximum absolute atomic E-state index is 13.0. The van der Waals surface area contributed by atoms with Gasteiger partial charge in [0.2, 0.25) is 0 Å². The summed E-state index contributed by atoms with van der Waals surface area (Å²) in [6.07, 6.45) is 1.69. The maximum atomic E-state index is 13.0. The molecule has 0 radical (unpaired) electrons. The normalized spacial score (nSPS) is 15.4. The first-order valence-corrected chi connectivity index (χ1v) is 10.4. The van der Waals surface area contributed by atoms with E-state index in [4.69, 9.17) is 5.73 Å². The number of likely N-dealkylation sites (N-methyl/N-ethyl adjacent to an activating group) is 1. The lowest BCUT2D eigenvalue weighted by molar-refractivity contribution is 0.0786. The number of carbonyl (C=O) groups excluding carboxylic acids is 1. The van der Waals surface area contributed by atoms with Crippen molar-refractivity contribution in [3.05, 3.63) is 71.4 Å². The number of hydrogen-bond acceptors (Lipinski definition) is 5. The van der Waals surface area contributed by atoms with Crippen LogP contribution in [0.4, 0.5) is 5.69 Å². The number of fused-ring (bicyclic) bond motifs is 1. The molecule has 6 heteroatoms. The van der Waals surface area contributed by atoms with Crippen LogP contribution in [0.25, 0.3) is 10.9 Å². The summed E-state index contributed by atoms with van der Waals surface area (Å²) >= 11 is 0. The predicted molar refractivity (Wildman–Crippen MR) is 121 cm³/mol. The highest BCUT2D eigenvalue weighted by Gasteiger charge is 2.18. The molecular weight excluding hydrogens is 374 g/mol. The Morgan fingerprint density at radius 2 is 1.73 bits per heavy atom. The number of carbonyl (C=O) groups is 1. The molecule has 2 N–H and O–H groups in total. The van der Waals surface area contributed by atoms with Gasteiger partial charge in [-0.1, -0.05) is 36.4 Å². The molecule has 0 aliphatic carbocycles. The minimum Gasteiger partial charge on any atom is -0.396 e. The smallest absolute Gasteiger partial charge is 0.256 e. The zero-order valence-electron chi connectivity index (χ0n) is 17.7. The molecule has 1 saturated heterocycles. The first-order chi connectivity index (χ1) is 14.5. The average molecular weight is 404 g/mol. The van der Waals surface area contributed by atoms with Crippen molar-refractivity contribution in [2.45, 2.75) is 13.1 Å². The van der Waals surface area contributed by atoms with Gasteiger partial charge >= 0.3 is 0 Å². The molecule has 30 heavy (non-hydrogen) atoms. The van der Waals surface area contributed by atoms with Crippen LogP contribution in [0.2, 0.25) is 0 Å². The molecule has 156 valence electrons. The third-order valence-electron chi connectivity index (χ3n) is 5.84. The number of rotatable bonds is 5. The molecule has 3 aromatic rings. The van der Waals surface area contributed by atoms with E-state index in [0.29, 0.717) is 23.3 Å². The predicted octanol–water partition coefficient (Wildman–Crippen LogP) is 2.84. The van der Waals surface area contributed by atoms with Crippen molar-refractivity contribution >= 4 is 22.5 Å². The van der Waals surface area contributed by atoms with Gasteiger partial charge in [-0.2, -0.15) is 0 Å². The zero-order valence-corrected chi connectivity index (χ0v) is 17.7. The molecule has 0 spiro atoms. The van der Waals surface area contributed by atoms with Gasteiger partial charge in [-0.05, 0) is 30.3 Å². The highest BCUT2D eigenvalue weighted by atomic mass is 16.2. The number of anilines is 1. The summed E-state index contributed by atoms with van der Waals surface area (Å²) in [6, 6.07) is 16.1. The Bertz CT molecular complexity index is 1030. The lowest BCUT2D eigenvalue weighted by Gasteiger charge is -2.32. The fraction of sp³-hybridized carbons (Fsp3) is 0.333. The van der Waals surface area contributed by atoms with Crippen molar-refractivity contribution in [1.82, 2.24) is 19.7 Å². The Labute approximate surface area is 177 Å². The van der Waals surface area contributed by atoms with Crippen LogP contribution in [0.15, 0.2) is 54.7 Å². The summed E-state index contributed by atoms with van der Waals surface area (Å²) in [5.74, 6) is -0.0958. The summed E-state index contributed by atoms with van der Waals surface area (Å²) in [5, 5.41) is 0.935. The third kappa shape index (κ3) is 4.45. The van der Waals surface area contributed by atoms with Gasteiger partial charge < -0.3 is 15.5 Å². The molecule has 2 aromatic carbocycles. The second-order valence-corrected chi connectivity index (χ2v) is 8.16. The summed E-state index contributed by atoms with van der Waals surface area (Å²) in [4.78, 5) is 23.9. The molecule has 4 rings (SSSR count). The van der Waals surface area contributed by atoms with Gasteiger partial charge in [-0.25, -0.2) is 0 Å². The van der Waals surface area contributed by atoms with E-state index in [1.807, 2.05) is 25.2 Å². The van der Waals surface area contributed by atoms with Crippen LogP contribution < -0.4 is 5.73 Å². The number of pyridine rings is 1. The SMILES string of the molecule is CN1CCN(Cc2ccc(CN(C)C(=O)c3ccc4cccnc4c3N)cc2)CC1. The van der Waals surface area contributed by atoms with E-state index < -0.39 is 0 Å². The molecule has 1 amide bonds. The lowest BCUT2D eigenvalue weighted by Crippen LogP contribution is -2.43. The Kier molecular flexibility index (Phi) is 5.97. The second-order valence-electron chi connectivity index (χ2n) is 8.16. The van der Waals surface area contributed by atoms with Gasteiger partial charge in [0.15, 0.2) is 0 Å². The molecule has 1 fully saturated rings. The minimum atomic E-state index is -0.0958. The number of nitrogen functional groups attached to an aromatic ring is 1. The average Bonchev–Trinajstić information content (AvgIpc) is 2.77. The molecule has 2 heterocycles. The van der Waals surface area contributed by atoms with Crippen molar-refractivity contribution in [3.8, 4) is 0 Å². The standard InChI is InChI=1S/C24H29N5O/c1-27-12-14-29(15-13-27)17-19-7-5-18(6-8-19)16-28(2)24(30)21-10-9-20-4-3-11-26-23(20)22(21)25/h3-11H,12-17,25H2,1-2H3. The number of amides is 1. The monoisotopic (exact) mass is 403 g/mol. The summed E-state index contributed by atoms with van der Waals surface area (Å²) in [5.41, 5.74) is 10.3. The van der Waals surface area contributed by atoms with Crippen LogP contribution in [-0.4, -0.2) is 65.9 Å². The van der Waals surface area contributed by atoms with E-state index in [-0.39, 0.29) is 5.91 Å². The quantitative estimate of drug-likeness (QED) is 0.664. The number of piperazine rings is 1. The summed E-state index contributed by atoms with van der Waals surface area (Å²) in [7, 11) is 3.98. The maximum Gasteiger partial charge on any atom is 0.256 e. The molecular formula is C24H29N5O. The fourth-order valence-corrected chi connectivity index (χ4v) is 3.92. The van der Waals surface area contributed by atoms with Gasteiger partial charge in [0.25, 0.3) is 5.91 Å². The molecule has 0 atom stereocenters. The minimum absolute atomic E-state index is 0.0958. The van der Waals surface area contributed by atoms with Gasteiger partial charge in [0.1, 0.15) is 0 Å². The lowest BCUT2D eigenvalue weighted by atomic mass is 10.1. The Morgan fingerprint density at radius 3 is 2.47 bits per heavy atom. The number of nitrogens with two attached hydrogens (primary N) is 1. The molecule has 1 aromatic heterocycles. The van der Waals surface area contributed by atoms with Gasteiger partial charge in [-0.3, -0.25) is 14.7 Å². The van der Waals surface area contributed by atoms with Crippen LogP contribution in [0, 0.1) is 0 Å². The first kappa shape index (κ1) is 20.3. The van der Waals surface area contributed by atoms with Crippen molar-refractivity contribution in [2.24, 2.45) is 0 Å². The Balaban J connectivity index is 1.40. The topological polar surface area (TPSA) is 65.7 Å². The Morgan fingerprint density at radius 1 is 1.03 bits per heavy atom. The number of benzene rings is 2. The zero-order chi connectivity index (χ0) is 21.1. The number of aromatic nitrogens is 1. The van der Waals surface area contributed by atoms with E-state index in [9.17, 15) is 4.79 Å². The van der Waals surface area contributed by atoms with Crippen molar-refractivity contribution in [2.75, 3.05) is 46.0 Å². The highest BCUT2D eigenvalue weighted by Crippen LogP contribution is 2.24. The number of nitrogens with zero attached hydrogens (tertiary/aromatic N) is 4. The van der Waals surface area contributed by atoms with Crippen LogP contribution in [0.1, 0.15) is 21.5 Å². The molecule has 6 nitrogen and oxygen atoms in total. The van der Waals surface area contributed by atoms with E-state index >= 15 is 0 Å². The molecule has 1 aliphatic rings. The van der Waals surface area contributed by atoms with E-state index in [1.54, 1.807) is 17.2 Å². The molecule has 0 bridgehead atoms. The van der Waals surface area contributed by atoms with Crippen LogP contribution in [-0.2, 0) is 13.1 Å². The molecule has 1 aliphatic heterocycles. The summed E-state index contributed by atoms with van der Waals surface area (Å²) in [6.45, 7) is 5.97. The largest absolute Gasteiger partial charge is 0.396 e. The number of hydrogen-bond donors (Lipinski definition) is 1. The Hall–Kier alpha value is -2.96. The van der Waals surface area contributed by atoms with E-state index in [1.165, 1.54) is 5.56 Å². The first-order valence-electron chi connectivity index (χ1n) is 10.4. The fourth-order valence-electron chi connectivity index (χ4n) is 3.92. The van der Waals surface area contributed by atoms with E-state index in [0.717, 1.165) is 43.7 Å². The van der Waals surface area contributed by atoms with E-state index in [2.05, 4.69) is 46.1 Å². The van der Waals surface area contributed by atoms with Crippen LogP contribution >= 0.6 is 0 Å². The molecule has 0 unspecified atom stereocenters. The van der Waals surface area contributed by atoms with Crippen molar-refractivity contribution in [3.63, 3.8) is 0 Å². The third-order valence-corrected chi connectivity index (χ3v) is 5.84. The van der Waals surface area contributed by atoms with Gasteiger partial charge in [0.05, 0.1) is 16.8 Å².